The zero-order chi connectivity index (χ0) is 21.7. The molecule has 3 aromatic rings. The molecule has 0 unspecified atom stereocenters. The Morgan fingerprint density at radius 3 is 2.57 bits per heavy atom. The minimum absolute atomic E-state index is 0.220. The van der Waals surface area contributed by atoms with Crippen LogP contribution >= 0.6 is 0 Å². The van der Waals surface area contributed by atoms with Gasteiger partial charge in [0.05, 0.1) is 19.3 Å². The van der Waals surface area contributed by atoms with Gasteiger partial charge in [-0.2, -0.15) is 5.10 Å². The maximum absolute atomic E-state index is 12.9. The van der Waals surface area contributed by atoms with Crippen LogP contribution in [0.5, 0.6) is 5.75 Å². The third-order valence-electron chi connectivity index (χ3n) is 5.01. The summed E-state index contributed by atoms with van der Waals surface area (Å²) < 4.78 is 7.12. The number of nitrogens with zero attached hydrogens (tertiary/aromatic N) is 3. The van der Waals surface area contributed by atoms with Crippen LogP contribution in [0.25, 0.3) is 0 Å². The van der Waals surface area contributed by atoms with E-state index >= 15 is 0 Å². The predicted molar refractivity (Wildman–Crippen MR) is 119 cm³/mol. The summed E-state index contributed by atoms with van der Waals surface area (Å²) in [5.74, 6) is 0.851. The number of rotatable bonds is 5. The van der Waals surface area contributed by atoms with Crippen LogP contribution in [-0.2, 0) is 13.6 Å². The number of carbonyl (C=O) groups is 1. The molecule has 0 aliphatic rings. The summed E-state index contributed by atoms with van der Waals surface area (Å²) in [5.41, 5.74) is 5.26. The van der Waals surface area contributed by atoms with Gasteiger partial charge in [-0.05, 0) is 44.5 Å². The number of guanidine groups is 1. The van der Waals surface area contributed by atoms with Crippen molar-refractivity contribution in [2.24, 2.45) is 12.0 Å². The fourth-order valence-corrected chi connectivity index (χ4v) is 3.15. The number of nitrogens with one attached hydrogen (secondary N) is 2. The second kappa shape index (κ2) is 9.26. The fraction of sp³-hybridized carbons (Fsp3) is 0.261. The number of amides is 1. The van der Waals surface area contributed by atoms with Gasteiger partial charge in [0.2, 0.25) is 5.96 Å². The molecule has 1 heterocycles. The Balaban J connectivity index is 1.89. The molecule has 2 aromatic carbocycles. The first-order valence-electron chi connectivity index (χ1n) is 9.70. The van der Waals surface area contributed by atoms with Gasteiger partial charge in [-0.1, -0.05) is 24.3 Å². The Bertz CT molecular complexity index is 1080. The molecule has 0 radical (unpaired) electrons. The smallest absolute Gasteiger partial charge is 0.258 e. The zero-order valence-corrected chi connectivity index (χ0v) is 18.0. The number of aliphatic imine (C=N–C) groups is 1. The van der Waals surface area contributed by atoms with E-state index in [9.17, 15) is 4.79 Å². The summed E-state index contributed by atoms with van der Waals surface area (Å²) in [7, 11) is 3.52. The summed E-state index contributed by atoms with van der Waals surface area (Å²) in [5, 5.41) is 10.5. The number of aryl methyl sites for hydroxylation is 3. The molecule has 0 atom stereocenters. The van der Waals surface area contributed by atoms with Crippen LogP contribution in [0.2, 0.25) is 0 Å². The first-order valence-corrected chi connectivity index (χ1v) is 9.70. The predicted octanol–water partition coefficient (Wildman–Crippen LogP) is 3.75. The SMILES string of the molecule is COc1cccc(NC(=NCc2c(C)nn(C)c2C)NC(=O)c2ccccc2C)c1. The maximum atomic E-state index is 12.9. The number of anilines is 1. The van der Waals surface area contributed by atoms with Crippen molar-refractivity contribution >= 4 is 17.6 Å². The van der Waals surface area contributed by atoms with Gasteiger partial charge < -0.3 is 10.1 Å². The van der Waals surface area contributed by atoms with Crippen molar-refractivity contribution < 1.29 is 9.53 Å². The lowest BCUT2D eigenvalue weighted by Gasteiger charge is -2.13. The number of hydrogen-bond donors (Lipinski definition) is 2. The average molecular weight is 406 g/mol. The first kappa shape index (κ1) is 21.1. The molecule has 30 heavy (non-hydrogen) atoms. The number of carbonyl (C=O) groups excluding carboxylic acids is 1. The number of benzene rings is 2. The molecular weight excluding hydrogens is 378 g/mol. The summed E-state index contributed by atoms with van der Waals surface area (Å²) in [6.07, 6.45) is 0. The standard InChI is InChI=1S/C23H27N5O2/c1-15-9-6-7-12-20(15)22(29)26-23(25-18-10-8-11-19(13-18)30-5)24-14-21-16(2)27-28(4)17(21)3/h6-13H,14H2,1-5H3,(H2,24,25,26,29). The van der Waals surface area contributed by atoms with Crippen molar-refractivity contribution in [3.8, 4) is 5.75 Å². The monoisotopic (exact) mass is 405 g/mol. The van der Waals surface area contributed by atoms with E-state index in [2.05, 4.69) is 20.7 Å². The van der Waals surface area contributed by atoms with Crippen molar-refractivity contribution in [1.82, 2.24) is 15.1 Å². The molecule has 0 fully saturated rings. The normalized spacial score (nSPS) is 11.3. The number of aromatic nitrogens is 2. The Morgan fingerprint density at radius 1 is 1.13 bits per heavy atom. The molecular formula is C23H27N5O2. The summed E-state index contributed by atoms with van der Waals surface area (Å²) in [6.45, 7) is 6.26. The lowest BCUT2D eigenvalue weighted by molar-refractivity contribution is 0.0976. The van der Waals surface area contributed by atoms with Gasteiger partial charge in [-0.3, -0.25) is 14.8 Å². The molecule has 1 amide bonds. The minimum Gasteiger partial charge on any atom is -0.497 e. The molecule has 1 aromatic heterocycles. The lowest BCUT2D eigenvalue weighted by atomic mass is 10.1. The van der Waals surface area contributed by atoms with E-state index in [1.54, 1.807) is 13.2 Å². The van der Waals surface area contributed by atoms with Crippen molar-refractivity contribution in [2.45, 2.75) is 27.3 Å². The fourth-order valence-electron chi connectivity index (χ4n) is 3.15. The van der Waals surface area contributed by atoms with Crippen LogP contribution in [0.15, 0.2) is 53.5 Å². The Morgan fingerprint density at radius 2 is 1.90 bits per heavy atom. The van der Waals surface area contributed by atoms with Gasteiger partial charge in [-0.15, -0.1) is 0 Å². The zero-order valence-electron chi connectivity index (χ0n) is 18.0. The van der Waals surface area contributed by atoms with Gasteiger partial charge >= 0.3 is 0 Å². The second-order valence-corrected chi connectivity index (χ2v) is 7.06. The minimum atomic E-state index is -0.220. The average Bonchev–Trinajstić information content (AvgIpc) is 2.97. The summed E-state index contributed by atoms with van der Waals surface area (Å²) in [4.78, 5) is 17.5. The van der Waals surface area contributed by atoms with Crippen molar-refractivity contribution in [2.75, 3.05) is 12.4 Å². The van der Waals surface area contributed by atoms with Crippen LogP contribution in [0.3, 0.4) is 0 Å². The highest BCUT2D eigenvalue weighted by atomic mass is 16.5. The molecule has 156 valence electrons. The van der Waals surface area contributed by atoms with E-state index in [0.717, 1.165) is 28.2 Å². The van der Waals surface area contributed by atoms with E-state index in [0.29, 0.717) is 23.8 Å². The Hall–Kier alpha value is -3.61. The number of ether oxygens (including phenoxy) is 1. The van der Waals surface area contributed by atoms with Crippen molar-refractivity contribution in [3.63, 3.8) is 0 Å². The van der Waals surface area contributed by atoms with Gasteiger partial charge in [0.1, 0.15) is 5.75 Å². The number of hydrogen-bond acceptors (Lipinski definition) is 4. The quantitative estimate of drug-likeness (QED) is 0.500. The molecule has 7 heteroatoms. The van der Waals surface area contributed by atoms with Gasteiger partial charge in [0, 0.05) is 35.6 Å². The molecule has 0 spiro atoms. The van der Waals surface area contributed by atoms with Crippen LogP contribution in [0, 0.1) is 20.8 Å². The Labute approximate surface area is 176 Å². The summed E-state index contributed by atoms with van der Waals surface area (Å²) in [6, 6.07) is 14.9. The number of methoxy groups -OCH3 is 1. The highest BCUT2D eigenvalue weighted by Crippen LogP contribution is 2.17. The molecule has 0 aliphatic carbocycles. The third kappa shape index (κ3) is 4.86. The van der Waals surface area contributed by atoms with E-state index in [1.165, 1.54) is 0 Å². The van der Waals surface area contributed by atoms with Crippen molar-refractivity contribution in [3.05, 3.63) is 76.6 Å². The topological polar surface area (TPSA) is 80.5 Å². The molecule has 0 bridgehead atoms. The van der Waals surface area contributed by atoms with E-state index in [1.807, 2.05) is 75.0 Å². The Kier molecular flexibility index (Phi) is 6.51. The molecule has 2 N–H and O–H groups in total. The largest absolute Gasteiger partial charge is 0.497 e. The highest BCUT2D eigenvalue weighted by molar-refractivity contribution is 6.10. The van der Waals surface area contributed by atoms with Gasteiger partial charge in [-0.25, -0.2) is 4.99 Å². The molecule has 0 aliphatic heterocycles. The molecule has 0 saturated heterocycles. The summed E-state index contributed by atoms with van der Waals surface area (Å²) >= 11 is 0. The van der Waals surface area contributed by atoms with Crippen LogP contribution in [0.1, 0.15) is 32.9 Å². The first-order chi connectivity index (χ1) is 14.4. The van der Waals surface area contributed by atoms with Crippen molar-refractivity contribution in [1.29, 1.82) is 0 Å². The highest BCUT2D eigenvalue weighted by Gasteiger charge is 2.13. The van der Waals surface area contributed by atoms with E-state index in [4.69, 9.17) is 4.74 Å². The lowest BCUT2D eigenvalue weighted by Crippen LogP contribution is -2.36. The van der Waals surface area contributed by atoms with Crippen LogP contribution in [-0.4, -0.2) is 28.8 Å². The molecule has 0 saturated carbocycles. The van der Waals surface area contributed by atoms with Crippen LogP contribution in [0.4, 0.5) is 5.69 Å². The maximum Gasteiger partial charge on any atom is 0.258 e. The second-order valence-electron chi connectivity index (χ2n) is 7.06. The van der Waals surface area contributed by atoms with Crippen LogP contribution < -0.4 is 15.4 Å². The van der Waals surface area contributed by atoms with E-state index < -0.39 is 0 Å². The van der Waals surface area contributed by atoms with Gasteiger partial charge in [0.15, 0.2) is 0 Å². The molecule has 3 rings (SSSR count). The third-order valence-corrected chi connectivity index (χ3v) is 5.01. The van der Waals surface area contributed by atoms with Gasteiger partial charge in [0.25, 0.3) is 5.91 Å². The molecule has 7 nitrogen and oxygen atoms in total. The van der Waals surface area contributed by atoms with E-state index in [-0.39, 0.29) is 5.91 Å².